The van der Waals surface area contributed by atoms with Crippen LogP contribution >= 0.6 is 0 Å². The summed E-state index contributed by atoms with van der Waals surface area (Å²) in [7, 11) is -0.520. The van der Waals surface area contributed by atoms with E-state index in [0.29, 0.717) is 0 Å². The summed E-state index contributed by atoms with van der Waals surface area (Å²) in [6, 6.07) is 0. The minimum atomic E-state index is -1.01. The number of hydrogen-bond donors (Lipinski definition) is 0. The maximum absolute atomic E-state index is 11.1. The molecule has 0 fully saturated rings. The first-order valence-corrected chi connectivity index (χ1v) is 12.1. The summed E-state index contributed by atoms with van der Waals surface area (Å²) in [5.74, 6) is -1.19. The molecule has 0 bridgehead atoms. The summed E-state index contributed by atoms with van der Waals surface area (Å²) in [4.78, 5) is 29.7. The van der Waals surface area contributed by atoms with Gasteiger partial charge >= 0.3 is 38.6 Å². The largest absolute Gasteiger partial charge is 3.00 e. The van der Waals surface area contributed by atoms with Crippen molar-refractivity contribution in [1.82, 2.24) is 0 Å². The van der Waals surface area contributed by atoms with Crippen LogP contribution in [-0.4, -0.2) is 33.6 Å². The number of carboxylic acids is 3. The van der Waals surface area contributed by atoms with Gasteiger partial charge in [-0.15, -0.1) is 0 Å². The average Bonchev–Trinajstić information content (AvgIpc) is 2.57. The molecule has 0 aliphatic carbocycles. The Bertz CT molecular complexity index is 461. The number of carboxylic acid groups (broad SMARTS) is 3. The number of unbranched alkanes of at least 4 members (excludes halogenated alkanes) is 2. The molecular weight excluding hydrogens is 579 g/mol. The number of aliphatic carboxylic acids is 3. The third-order valence-corrected chi connectivity index (χ3v) is 4.78. The molecule has 0 unspecified atom stereocenters. The Morgan fingerprint density at radius 3 is 0.844 bits per heavy atom. The maximum atomic E-state index is 11.1. The fourth-order valence-electron chi connectivity index (χ4n) is 0.713. The van der Waals surface area contributed by atoms with Gasteiger partial charge in [-0.25, -0.2) is 0 Å². The van der Waals surface area contributed by atoms with Crippen molar-refractivity contribution in [1.29, 1.82) is 0 Å². The van der Waals surface area contributed by atoms with Gasteiger partial charge in [-0.1, -0.05) is 89.0 Å². The van der Waals surface area contributed by atoms with E-state index in [1.165, 1.54) is 0 Å². The second-order valence-electron chi connectivity index (χ2n) is 10.2. The van der Waals surface area contributed by atoms with E-state index in [2.05, 4.69) is 13.8 Å². The van der Waals surface area contributed by atoms with Gasteiger partial charge in [0.05, 0.1) is 0 Å². The Hall–Kier alpha value is -0.154. The minimum Gasteiger partial charge on any atom is -0.550 e. The van der Waals surface area contributed by atoms with E-state index in [9.17, 15) is 33.9 Å². The molecule has 0 N–H and O–H groups in total. The molecule has 32 heavy (non-hydrogen) atoms. The third-order valence-electron chi connectivity index (χ3n) is 3.29. The topological polar surface area (TPSA) is 137 Å². The first-order valence-electron chi connectivity index (χ1n) is 10.6. The zero-order chi connectivity index (χ0) is 26.1. The van der Waals surface area contributed by atoms with Crippen LogP contribution in [0.5, 0.6) is 0 Å². The molecule has 0 aromatic heterocycles. The molecule has 0 spiro atoms. The zero-order valence-corrected chi connectivity index (χ0v) is 24.8. The van der Waals surface area contributed by atoms with Gasteiger partial charge in [0.25, 0.3) is 0 Å². The molecule has 0 rings (SSSR count). The van der Waals surface area contributed by atoms with Crippen LogP contribution in [0, 0.1) is 54.9 Å². The molecule has 0 aromatic carbocycles. The van der Waals surface area contributed by atoms with E-state index < -0.39 is 45.0 Å². The van der Waals surface area contributed by atoms with Gasteiger partial charge in [0.1, 0.15) is 0 Å². The molecule has 0 saturated carbocycles. The van der Waals surface area contributed by atoms with Crippen molar-refractivity contribution in [2.45, 2.75) is 102 Å². The summed E-state index contributed by atoms with van der Waals surface area (Å²) in [5, 5.41) is 29.7. The Kier molecular flexibility index (Phi) is 28.1. The summed E-state index contributed by atoms with van der Waals surface area (Å²) < 4.78 is 11.1. The van der Waals surface area contributed by atoms with Crippen molar-refractivity contribution in [2.75, 3.05) is 11.5 Å². The van der Waals surface area contributed by atoms with Crippen LogP contribution in [0.2, 0.25) is 0 Å². The molecule has 0 radical (unpaired) electrons. The Morgan fingerprint density at radius 2 is 0.750 bits per heavy atom. The van der Waals surface area contributed by atoms with Crippen molar-refractivity contribution in [2.24, 2.45) is 16.2 Å². The summed E-state index contributed by atoms with van der Waals surface area (Å²) >= 11 is 0. The predicted molar refractivity (Wildman–Crippen MR) is 121 cm³/mol. The molecule has 0 aliphatic rings. The van der Waals surface area contributed by atoms with Gasteiger partial charge in [0.2, 0.25) is 0 Å². The van der Waals surface area contributed by atoms with E-state index in [1.54, 1.807) is 62.3 Å². The molecule has 7 nitrogen and oxygen atoms in total. The first kappa shape index (κ1) is 42.0. The van der Waals surface area contributed by atoms with Crippen LogP contribution in [0.1, 0.15) is 102 Å². The molecule has 9 heteroatoms. The van der Waals surface area contributed by atoms with E-state index in [4.69, 9.17) is 0 Å². The number of carbonyl (C=O) groups is 3. The molecule has 0 heterocycles. The molecule has 194 valence electrons. The SMILES string of the molecule is CC(C)(C)C(=O)[O-].CC(C)(C)C(=O)[O-].CC(C)(C)C(=O)[O-].CCCCS(=O)CCCC.[Tb+3]. The maximum Gasteiger partial charge on any atom is 3.00 e. The fraction of sp³-hybridized carbons (Fsp3) is 0.870. The smallest absolute Gasteiger partial charge is 0.550 e. The fourth-order valence-corrected chi connectivity index (χ4v) is 2.14. The molecule has 0 amide bonds. The Morgan fingerprint density at radius 1 is 0.594 bits per heavy atom. The summed E-state index contributed by atoms with van der Waals surface area (Å²) in [6.07, 6.45) is 4.57. The van der Waals surface area contributed by atoms with Crippen molar-refractivity contribution >= 4 is 28.7 Å². The summed E-state index contributed by atoms with van der Waals surface area (Å²) in [6.45, 7) is 18.7. The van der Waals surface area contributed by atoms with Crippen LogP contribution < -0.4 is 15.3 Å². The molecule has 0 atom stereocenters. The van der Waals surface area contributed by atoms with Gasteiger partial charge in [0, 0.05) is 56.5 Å². The summed E-state index contributed by atoms with van der Waals surface area (Å²) in [5.41, 5.74) is -2.08. The van der Waals surface area contributed by atoms with E-state index >= 15 is 0 Å². The van der Waals surface area contributed by atoms with E-state index in [-0.39, 0.29) is 38.6 Å². The van der Waals surface area contributed by atoms with Crippen molar-refractivity contribution in [3.63, 3.8) is 0 Å². The van der Waals surface area contributed by atoms with Crippen LogP contribution in [0.25, 0.3) is 0 Å². The van der Waals surface area contributed by atoms with Crippen molar-refractivity contribution in [3.05, 3.63) is 0 Å². The Balaban J connectivity index is -0.000000102. The monoisotopic (exact) mass is 624 g/mol. The first-order chi connectivity index (χ1) is 13.6. The predicted octanol–water partition coefficient (Wildman–Crippen LogP) is 1.68. The quantitative estimate of drug-likeness (QED) is 0.439. The molecular formula is C23H45O7STb. The van der Waals surface area contributed by atoms with Gasteiger partial charge < -0.3 is 29.7 Å². The number of carbonyl (C=O) groups excluding carboxylic acids is 3. The zero-order valence-electron chi connectivity index (χ0n) is 21.8. The second kappa shape index (κ2) is 21.4. The minimum absolute atomic E-state index is 0. The number of hydrogen-bond acceptors (Lipinski definition) is 7. The standard InChI is InChI=1S/C8H18OS.3C5H10O2.Tb/c1-3-5-7-10(9)8-6-4-2;3*1-5(2,3)4(6)7;/h3-8H2,1-2H3;3*1-3H3,(H,6,7);/q;;;;+3/p-3. The van der Waals surface area contributed by atoms with Gasteiger partial charge in [0.15, 0.2) is 0 Å². The van der Waals surface area contributed by atoms with Crippen molar-refractivity contribution < 1.29 is 72.5 Å². The third kappa shape index (κ3) is 37.2. The van der Waals surface area contributed by atoms with E-state index in [0.717, 1.165) is 37.2 Å². The molecule has 0 aromatic rings. The molecule has 0 aliphatic heterocycles. The normalized spacial score (nSPS) is 10.8. The van der Waals surface area contributed by atoms with Crippen LogP contribution in [0.4, 0.5) is 0 Å². The average molecular weight is 625 g/mol. The van der Waals surface area contributed by atoms with Gasteiger partial charge in [-0.05, 0) is 12.8 Å². The number of rotatable bonds is 6. The van der Waals surface area contributed by atoms with Crippen LogP contribution in [0.3, 0.4) is 0 Å². The van der Waals surface area contributed by atoms with Gasteiger partial charge in [-0.2, -0.15) is 0 Å². The molecule has 0 saturated heterocycles. The van der Waals surface area contributed by atoms with Gasteiger partial charge in [-0.3, -0.25) is 4.21 Å². The second-order valence-corrected chi connectivity index (χ2v) is 11.9. The van der Waals surface area contributed by atoms with Crippen molar-refractivity contribution in [3.8, 4) is 0 Å². The van der Waals surface area contributed by atoms with Crippen LogP contribution in [0.15, 0.2) is 0 Å². The van der Waals surface area contributed by atoms with Crippen LogP contribution in [-0.2, 0) is 25.2 Å². The van der Waals surface area contributed by atoms with E-state index in [1.807, 2.05) is 0 Å². The Labute approximate surface area is 229 Å².